The summed E-state index contributed by atoms with van der Waals surface area (Å²) in [6.07, 6.45) is 1.94. The van der Waals surface area contributed by atoms with E-state index in [0.29, 0.717) is 18.2 Å². The fourth-order valence-corrected chi connectivity index (χ4v) is 3.58. The molecular formula is C17H20N4O4S. The number of hydrogen-bond donors (Lipinski definition) is 2. The Kier molecular flexibility index (Phi) is 5.58. The zero-order chi connectivity index (χ0) is 18.6. The molecule has 26 heavy (non-hydrogen) atoms. The molecule has 1 atom stereocenters. The van der Waals surface area contributed by atoms with Crippen molar-refractivity contribution in [3.63, 3.8) is 0 Å². The number of carbonyl (C=O) groups is 2. The normalized spacial score (nSPS) is 19.4. The highest BCUT2D eigenvalue weighted by atomic mass is 32.2. The van der Waals surface area contributed by atoms with Crippen molar-refractivity contribution >= 4 is 23.6 Å². The van der Waals surface area contributed by atoms with Gasteiger partial charge in [-0.2, -0.15) is 0 Å². The first-order chi connectivity index (χ1) is 12.5. The van der Waals surface area contributed by atoms with E-state index in [0.717, 1.165) is 11.3 Å². The maximum Gasteiger partial charge on any atom is 0.305 e. The number of nitrogens with zero attached hydrogens (tertiary/aromatic N) is 3. The van der Waals surface area contributed by atoms with E-state index < -0.39 is 11.5 Å². The number of thioether (sulfide) groups is 1. The molecule has 3 rings (SSSR count). The number of ether oxygens (including phenoxy) is 1. The van der Waals surface area contributed by atoms with Crippen molar-refractivity contribution in [2.75, 3.05) is 19.0 Å². The molecule has 0 bridgehead atoms. The minimum Gasteiger partial charge on any atom is -0.481 e. The van der Waals surface area contributed by atoms with Gasteiger partial charge in [0.1, 0.15) is 6.33 Å². The van der Waals surface area contributed by atoms with E-state index in [-0.39, 0.29) is 24.7 Å². The quantitative estimate of drug-likeness (QED) is 0.704. The van der Waals surface area contributed by atoms with Crippen molar-refractivity contribution in [2.24, 2.45) is 0 Å². The predicted molar refractivity (Wildman–Crippen MR) is 95.4 cm³/mol. The molecule has 2 aromatic rings. The summed E-state index contributed by atoms with van der Waals surface area (Å²) in [6.45, 7) is 2.67. The highest BCUT2D eigenvalue weighted by Crippen LogP contribution is 2.24. The molecule has 0 saturated carbocycles. The maximum atomic E-state index is 12.3. The second-order valence-corrected chi connectivity index (χ2v) is 7.25. The lowest BCUT2D eigenvalue weighted by atomic mass is 9.94. The highest BCUT2D eigenvalue weighted by Gasteiger charge is 2.38. The average molecular weight is 376 g/mol. The van der Waals surface area contributed by atoms with Gasteiger partial charge in [0.05, 0.1) is 24.3 Å². The fourth-order valence-electron chi connectivity index (χ4n) is 2.85. The van der Waals surface area contributed by atoms with Crippen LogP contribution in [-0.4, -0.2) is 56.3 Å². The summed E-state index contributed by atoms with van der Waals surface area (Å²) in [4.78, 5) is 23.4. The van der Waals surface area contributed by atoms with Crippen LogP contribution in [0.4, 0.5) is 0 Å². The first-order valence-electron chi connectivity index (χ1n) is 8.18. The van der Waals surface area contributed by atoms with Gasteiger partial charge in [0.15, 0.2) is 5.16 Å². The number of aryl methyl sites for hydroxylation is 1. The molecule has 0 radical (unpaired) electrons. The number of benzene rings is 1. The summed E-state index contributed by atoms with van der Waals surface area (Å²) in [5.74, 6) is -1.09. The molecular weight excluding hydrogens is 356 g/mol. The lowest BCUT2D eigenvalue weighted by molar-refractivity contribution is -0.139. The molecule has 1 aromatic carbocycles. The van der Waals surface area contributed by atoms with Crippen LogP contribution in [0, 0.1) is 6.92 Å². The molecule has 1 aromatic heterocycles. The number of aromatic nitrogens is 3. The van der Waals surface area contributed by atoms with E-state index >= 15 is 0 Å². The molecule has 1 amide bonds. The van der Waals surface area contributed by atoms with E-state index in [2.05, 4.69) is 15.5 Å². The topological polar surface area (TPSA) is 106 Å². The number of hydrogen-bond acceptors (Lipinski definition) is 6. The SMILES string of the molecule is Cc1ccc(-n2cnnc2SCC(=O)NC2(CC(=O)O)CCOC2)cc1. The molecule has 9 heteroatoms. The molecule has 0 spiro atoms. The van der Waals surface area contributed by atoms with Crippen LogP contribution >= 0.6 is 11.8 Å². The van der Waals surface area contributed by atoms with Gasteiger partial charge < -0.3 is 15.2 Å². The van der Waals surface area contributed by atoms with Crippen LogP contribution in [0.2, 0.25) is 0 Å². The van der Waals surface area contributed by atoms with Crippen LogP contribution in [-0.2, 0) is 14.3 Å². The van der Waals surface area contributed by atoms with E-state index in [1.807, 2.05) is 35.8 Å². The van der Waals surface area contributed by atoms with Crippen molar-refractivity contribution < 1.29 is 19.4 Å². The van der Waals surface area contributed by atoms with Crippen LogP contribution in [0.5, 0.6) is 0 Å². The van der Waals surface area contributed by atoms with Crippen molar-refractivity contribution in [3.05, 3.63) is 36.2 Å². The Morgan fingerprint density at radius 2 is 2.15 bits per heavy atom. The molecule has 2 heterocycles. The van der Waals surface area contributed by atoms with Gasteiger partial charge in [-0.15, -0.1) is 10.2 Å². The first-order valence-corrected chi connectivity index (χ1v) is 9.16. The van der Waals surface area contributed by atoms with Gasteiger partial charge in [0.2, 0.25) is 5.91 Å². The monoisotopic (exact) mass is 376 g/mol. The molecule has 1 unspecified atom stereocenters. The van der Waals surface area contributed by atoms with Crippen LogP contribution in [0.3, 0.4) is 0 Å². The molecule has 138 valence electrons. The molecule has 1 fully saturated rings. The third kappa shape index (κ3) is 4.41. The Labute approximate surface area is 154 Å². The summed E-state index contributed by atoms with van der Waals surface area (Å²) in [7, 11) is 0. The summed E-state index contributed by atoms with van der Waals surface area (Å²) in [5.41, 5.74) is 1.24. The van der Waals surface area contributed by atoms with E-state index in [9.17, 15) is 9.59 Å². The summed E-state index contributed by atoms with van der Waals surface area (Å²) in [5, 5.41) is 20.5. The molecule has 8 nitrogen and oxygen atoms in total. The molecule has 2 N–H and O–H groups in total. The second kappa shape index (κ2) is 7.88. The highest BCUT2D eigenvalue weighted by molar-refractivity contribution is 7.99. The third-order valence-electron chi connectivity index (χ3n) is 4.16. The number of carboxylic acids is 1. The van der Waals surface area contributed by atoms with Gasteiger partial charge in [0.25, 0.3) is 0 Å². The van der Waals surface area contributed by atoms with Crippen LogP contribution in [0.25, 0.3) is 5.69 Å². The lowest BCUT2D eigenvalue weighted by Gasteiger charge is -2.26. The van der Waals surface area contributed by atoms with E-state index in [1.165, 1.54) is 11.8 Å². The number of aliphatic carboxylic acids is 1. The lowest BCUT2D eigenvalue weighted by Crippen LogP contribution is -2.51. The number of amides is 1. The maximum absolute atomic E-state index is 12.3. The zero-order valence-electron chi connectivity index (χ0n) is 14.3. The van der Waals surface area contributed by atoms with E-state index in [1.54, 1.807) is 6.33 Å². The van der Waals surface area contributed by atoms with Gasteiger partial charge in [-0.05, 0) is 25.5 Å². The first kappa shape index (κ1) is 18.4. The Balaban J connectivity index is 1.62. The minimum absolute atomic E-state index is 0.117. The molecule has 1 aliphatic rings. The van der Waals surface area contributed by atoms with Gasteiger partial charge in [0, 0.05) is 12.3 Å². The number of carbonyl (C=O) groups excluding carboxylic acids is 1. The summed E-state index contributed by atoms with van der Waals surface area (Å²) < 4.78 is 7.10. The second-order valence-electron chi connectivity index (χ2n) is 6.31. The molecule has 0 aliphatic carbocycles. The van der Waals surface area contributed by atoms with Crippen LogP contribution in [0.15, 0.2) is 35.7 Å². The smallest absolute Gasteiger partial charge is 0.305 e. The van der Waals surface area contributed by atoms with Crippen molar-refractivity contribution in [1.29, 1.82) is 0 Å². The number of rotatable bonds is 7. The summed E-state index contributed by atoms with van der Waals surface area (Å²) >= 11 is 1.25. The van der Waals surface area contributed by atoms with Gasteiger partial charge in [-0.25, -0.2) is 0 Å². The van der Waals surface area contributed by atoms with Crippen LogP contribution in [0.1, 0.15) is 18.4 Å². The van der Waals surface area contributed by atoms with Gasteiger partial charge in [-0.3, -0.25) is 14.2 Å². The fraction of sp³-hybridized carbons (Fsp3) is 0.412. The number of nitrogens with one attached hydrogen (secondary N) is 1. The molecule has 1 saturated heterocycles. The molecule has 1 aliphatic heterocycles. The zero-order valence-corrected chi connectivity index (χ0v) is 15.2. The Morgan fingerprint density at radius 3 is 2.81 bits per heavy atom. The Hall–Kier alpha value is -2.39. The third-order valence-corrected chi connectivity index (χ3v) is 5.10. The van der Waals surface area contributed by atoms with Gasteiger partial charge in [-0.1, -0.05) is 29.5 Å². The predicted octanol–water partition coefficient (Wildman–Crippen LogP) is 1.42. The van der Waals surface area contributed by atoms with Crippen molar-refractivity contribution in [1.82, 2.24) is 20.1 Å². The van der Waals surface area contributed by atoms with Crippen molar-refractivity contribution in [3.8, 4) is 5.69 Å². The Morgan fingerprint density at radius 1 is 1.38 bits per heavy atom. The van der Waals surface area contributed by atoms with Crippen LogP contribution < -0.4 is 5.32 Å². The standard InChI is InChI=1S/C17H20N4O4S/c1-12-2-4-13(5-3-12)21-11-18-20-16(21)26-9-14(22)19-17(8-15(23)24)6-7-25-10-17/h2-5,11H,6-10H2,1H3,(H,19,22)(H,23,24). The summed E-state index contributed by atoms with van der Waals surface area (Å²) in [6, 6.07) is 7.90. The average Bonchev–Trinajstić information content (AvgIpc) is 3.23. The largest absolute Gasteiger partial charge is 0.481 e. The van der Waals surface area contributed by atoms with E-state index in [4.69, 9.17) is 9.84 Å². The van der Waals surface area contributed by atoms with Gasteiger partial charge >= 0.3 is 5.97 Å². The van der Waals surface area contributed by atoms with Crippen molar-refractivity contribution in [2.45, 2.75) is 30.5 Å². The number of carboxylic acid groups (broad SMARTS) is 1. The minimum atomic E-state index is -0.956. The Bertz CT molecular complexity index is 784.